The van der Waals surface area contributed by atoms with Crippen molar-refractivity contribution >= 4 is 34.3 Å². The third-order valence-corrected chi connectivity index (χ3v) is 3.67. The van der Waals surface area contributed by atoms with E-state index in [9.17, 15) is 0 Å². The van der Waals surface area contributed by atoms with Crippen LogP contribution >= 0.6 is 11.8 Å². The smallest absolute Gasteiger partial charge is 0.173 e. The summed E-state index contributed by atoms with van der Waals surface area (Å²) in [4.78, 5) is 6.67. The van der Waals surface area contributed by atoms with E-state index in [1.165, 1.54) is 0 Å². The summed E-state index contributed by atoms with van der Waals surface area (Å²) in [5, 5.41) is 13.0. The number of thioether (sulfide) groups is 1. The van der Waals surface area contributed by atoms with Gasteiger partial charge < -0.3 is 15.8 Å². The number of fused-ring (bicyclic) bond motifs is 1. The van der Waals surface area contributed by atoms with Crippen LogP contribution in [0.2, 0.25) is 0 Å². The van der Waals surface area contributed by atoms with Gasteiger partial charge in [0.15, 0.2) is 5.84 Å². The van der Waals surface area contributed by atoms with Crippen LogP contribution in [0.25, 0.3) is 10.9 Å². The lowest BCUT2D eigenvalue weighted by atomic mass is 10.1. The van der Waals surface area contributed by atoms with E-state index < -0.39 is 0 Å². The van der Waals surface area contributed by atoms with E-state index in [1.807, 2.05) is 42.3 Å². The second-order valence-electron chi connectivity index (χ2n) is 4.45. The van der Waals surface area contributed by atoms with Gasteiger partial charge in [0.05, 0.1) is 11.1 Å². The van der Waals surface area contributed by atoms with E-state index in [0.717, 1.165) is 29.0 Å². The van der Waals surface area contributed by atoms with Gasteiger partial charge in [0.1, 0.15) is 5.82 Å². The second kappa shape index (κ2) is 6.47. The predicted molar refractivity (Wildman–Crippen MR) is 85.9 cm³/mol. The highest BCUT2D eigenvalue weighted by Crippen LogP contribution is 2.23. The summed E-state index contributed by atoms with van der Waals surface area (Å²) in [6.07, 6.45) is 2.06. The first-order valence-corrected chi connectivity index (χ1v) is 7.64. The van der Waals surface area contributed by atoms with E-state index in [4.69, 9.17) is 10.9 Å². The molecule has 6 heteroatoms. The number of pyridine rings is 1. The minimum absolute atomic E-state index is 0.0780. The molecule has 0 fully saturated rings. The van der Waals surface area contributed by atoms with Crippen LogP contribution in [0, 0.1) is 0 Å². The van der Waals surface area contributed by atoms with Gasteiger partial charge in [-0.15, -0.1) is 0 Å². The average Bonchev–Trinajstić information content (AvgIpc) is 2.50. The summed E-state index contributed by atoms with van der Waals surface area (Å²) >= 11 is 1.77. The van der Waals surface area contributed by atoms with Crippen molar-refractivity contribution in [1.29, 1.82) is 0 Å². The molecule has 5 nitrogen and oxygen atoms in total. The van der Waals surface area contributed by atoms with Crippen LogP contribution in [0.3, 0.4) is 0 Å². The Bertz CT molecular complexity index is 630. The molecule has 106 valence electrons. The summed E-state index contributed by atoms with van der Waals surface area (Å²) in [7, 11) is 1.96. The second-order valence-corrected chi connectivity index (χ2v) is 5.44. The molecule has 1 heterocycles. The Balaban J connectivity index is 2.54. The Labute approximate surface area is 122 Å². The van der Waals surface area contributed by atoms with Crippen molar-refractivity contribution < 1.29 is 5.21 Å². The molecule has 2 aromatic rings. The number of hydrogen-bond acceptors (Lipinski definition) is 5. The zero-order chi connectivity index (χ0) is 14.5. The first-order chi connectivity index (χ1) is 9.67. The maximum Gasteiger partial charge on any atom is 0.173 e. The van der Waals surface area contributed by atoms with Crippen molar-refractivity contribution in [3.05, 3.63) is 35.9 Å². The molecular formula is C14H18N4OS. The van der Waals surface area contributed by atoms with Crippen molar-refractivity contribution in [2.75, 3.05) is 30.5 Å². The number of anilines is 1. The molecule has 0 bridgehead atoms. The fourth-order valence-electron chi connectivity index (χ4n) is 1.97. The summed E-state index contributed by atoms with van der Waals surface area (Å²) < 4.78 is 0. The van der Waals surface area contributed by atoms with Gasteiger partial charge in [-0.05, 0) is 18.4 Å². The number of hydrogen-bond donors (Lipinski definition) is 2. The summed E-state index contributed by atoms with van der Waals surface area (Å²) in [5.74, 6) is 1.79. The molecule has 0 unspecified atom stereocenters. The van der Waals surface area contributed by atoms with Crippen LogP contribution in [0.4, 0.5) is 5.82 Å². The molecule has 0 spiro atoms. The Morgan fingerprint density at radius 1 is 1.45 bits per heavy atom. The molecule has 1 aromatic carbocycles. The van der Waals surface area contributed by atoms with E-state index in [2.05, 4.69) is 16.4 Å². The monoisotopic (exact) mass is 290 g/mol. The number of amidine groups is 1. The van der Waals surface area contributed by atoms with Gasteiger partial charge in [0, 0.05) is 24.7 Å². The van der Waals surface area contributed by atoms with Crippen molar-refractivity contribution in [2.45, 2.75) is 0 Å². The number of nitrogens with zero attached hydrogens (tertiary/aromatic N) is 3. The number of oxime groups is 1. The maximum absolute atomic E-state index is 8.96. The number of rotatable bonds is 5. The van der Waals surface area contributed by atoms with Crippen LogP contribution in [0.5, 0.6) is 0 Å². The quantitative estimate of drug-likeness (QED) is 0.382. The van der Waals surface area contributed by atoms with Crippen LogP contribution in [0.1, 0.15) is 5.56 Å². The lowest BCUT2D eigenvalue weighted by Crippen LogP contribution is -2.26. The molecule has 0 aliphatic rings. The van der Waals surface area contributed by atoms with Gasteiger partial charge >= 0.3 is 0 Å². The van der Waals surface area contributed by atoms with Gasteiger partial charge in [-0.2, -0.15) is 11.8 Å². The fourth-order valence-corrected chi connectivity index (χ4v) is 2.43. The van der Waals surface area contributed by atoms with Crippen LogP contribution in [0.15, 0.2) is 35.5 Å². The molecule has 3 N–H and O–H groups in total. The first-order valence-electron chi connectivity index (χ1n) is 6.25. The van der Waals surface area contributed by atoms with E-state index in [0.29, 0.717) is 5.56 Å². The normalized spacial score (nSPS) is 11.8. The molecule has 1 aromatic heterocycles. The minimum Gasteiger partial charge on any atom is -0.409 e. The number of aromatic nitrogens is 1. The third kappa shape index (κ3) is 2.96. The topological polar surface area (TPSA) is 74.7 Å². The van der Waals surface area contributed by atoms with Crippen molar-refractivity contribution in [3.8, 4) is 0 Å². The first kappa shape index (κ1) is 14.5. The fraction of sp³-hybridized carbons (Fsp3) is 0.286. The zero-order valence-corrected chi connectivity index (χ0v) is 12.4. The highest BCUT2D eigenvalue weighted by Gasteiger charge is 2.14. The minimum atomic E-state index is 0.0780. The maximum atomic E-state index is 8.96. The molecule has 0 amide bonds. The van der Waals surface area contributed by atoms with Crippen molar-refractivity contribution in [1.82, 2.24) is 4.98 Å². The van der Waals surface area contributed by atoms with Gasteiger partial charge in [0.2, 0.25) is 0 Å². The van der Waals surface area contributed by atoms with Crippen molar-refractivity contribution in [2.24, 2.45) is 10.9 Å². The van der Waals surface area contributed by atoms with E-state index in [-0.39, 0.29) is 5.84 Å². The number of benzene rings is 1. The molecule has 0 radical (unpaired) electrons. The SMILES string of the molecule is CSCCN(C)c1nc2ccccc2cc1/C(N)=N/O. The molecule has 0 aliphatic carbocycles. The highest BCUT2D eigenvalue weighted by atomic mass is 32.2. The standard InChI is InChI=1S/C14H18N4OS/c1-18(7-8-20-2)14-11(13(15)17-19)9-10-5-3-4-6-12(10)16-14/h3-6,9,19H,7-8H2,1-2H3,(H2,15,17). The summed E-state index contributed by atoms with van der Waals surface area (Å²) in [5.41, 5.74) is 7.32. The highest BCUT2D eigenvalue weighted by molar-refractivity contribution is 7.98. The molecule has 0 saturated carbocycles. The summed E-state index contributed by atoms with van der Waals surface area (Å²) in [6, 6.07) is 9.71. The lowest BCUT2D eigenvalue weighted by molar-refractivity contribution is 0.318. The Kier molecular flexibility index (Phi) is 4.68. The largest absolute Gasteiger partial charge is 0.409 e. The Morgan fingerprint density at radius 2 is 2.20 bits per heavy atom. The molecule has 2 rings (SSSR count). The van der Waals surface area contributed by atoms with Gasteiger partial charge in [-0.3, -0.25) is 0 Å². The molecular weight excluding hydrogens is 272 g/mol. The summed E-state index contributed by atoms with van der Waals surface area (Å²) in [6.45, 7) is 0.845. The number of nitrogens with two attached hydrogens (primary N) is 1. The zero-order valence-electron chi connectivity index (χ0n) is 11.6. The Hall–Kier alpha value is -1.95. The van der Waals surface area contributed by atoms with Crippen LogP contribution in [-0.2, 0) is 0 Å². The van der Waals surface area contributed by atoms with Crippen LogP contribution < -0.4 is 10.6 Å². The molecule has 0 aliphatic heterocycles. The lowest BCUT2D eigenvalue weighted by Gasteiger charge is -2.21. The van der Waals surface area contributed by atoms with Gasteiger partial charge in [-0.25, -0.2) is 4.98 Å². The molecule has 20 heavy (non-hydrogen) atoms. The average molecular weight is 290 g/mol. The van der Waals surface area contributed by atoms with Gasteiger partial charge in [0.25, 0.3) is 0 Å². The van der Waals surface area contributed by atoms with Gasteiger partial charge in [-0.1, -0.05) is 23.4 Å². The predicted octanol–water partition coefficient (Wildman–Crippen LogP) is 2.13. The third-order valence-electron chi connectivity index (χ3n) is 3.08. The van der Waals surface area contributed by atoms with Crippen LogP contribution in [-0.4, -0.2) is 41.6 Å². The molecule has 0 saturated heterocycles. The number of para-hydroxylation sites is 1. The van der Waals surface area contributed by atoms with E-state index >= 15 is 0 Å². The molecule has 0 atom stereocenters. The van der Waals surface area contributed by atoms with E-state index in [1.54, 1.807) is 11.8 Å². The van der Waals surface area contributed by atoms with Crippen molar-refractivity contribution in [3.63, 3.8) is 0 Å². The Morgan fingerprint density at radius 3 is 2.90 bits per heavy atom.